The van der Waals surface area contributed by atoms with Crippen molar-refractivity contribution in [2.45, 2.75) is 46.2 Å². The molecular weight excluding hydrogens is 186 g/mol. The Labute approximate surface area is 93.5 Å². The minimum Gasteiger partial charge on any atom is -0.314 e. The Morgan fingerprint density at radius 1 is 1.33 bits per heavy atom. The molecule has 0 bridgehead atoms. The van der Waals surface area contributed by atoms with Crippen LogP contribution >= 0.6 is 0 Å². The fourth-order valence-electron chi connectivity index (χ4n) is 2.08. The van der Waals surface area contributed by atoms with Crippen molar-refractivity contribution in [3.05, 3.63) is 0 Å². The molecule has 1 fully saturated rings. The highest BCUT2D eigenvalue weighted by Crippen LogP contribution is 2.21. The molecule has 0 aromatic heterocycles. The summed E-state index contributed by atoms with van der Waals surface area (Å²) in [6, 6.07) is 3.54. The van der Waals surface area contributed by atoms with Gasteiger partial charge in [-0.25, -0.2) is 0 Å². The molecule has 86 valence electrons. The molecule has 0 radical (unpaired) electrons. The molecule has 1 N–H and O–H groups in total. The van der Waals surface area contributed by atoms with Crippen molar-refractivity contribution in [3.63, 3.8) is 0 Å². The molecule has 0 aromatic rings. The van der Waals surface area contributed by atoms with E-state index in [0.29, 0.717) is 12.1 Å². The molecule has 2 atom stereocenters. The van der Waals surface area contributed by atoms with Gasteiger partial charge >= 0.3 is 0 Å². The Morgan fingerprint density at radius 2 is 1.87 bits per heavy atom. The van der Waals surface area contributed by atoms with Crippen LogP contribution in [0.3, 0.4) is 0 Å². The number of hydrogen-bond acceptors (Lipinski definition) is 3. The number of nitrogens with zero attached hydrogens (tertiary/aromatic N) is 2. The van der Waals surface area contributed by atoms with Crippen molar-refractivity contribution in [1.82, 2.24) is 10.2 Å². The standard InChI is InChI=1S/C12H23N3/c1-10-7-14-8-11(2)15(10)6-5-12(3,4)9-13/h10-11,14H,5-8H2,1-4H3. The molecule has 0 aliphatic carbocycles. The van der Waals surface area contributed by atoms with Crippen molar-refractivity contribution in [1.29, 1.82) is 5.26 Å². The lowest BCUT2D eigenvalue weighted by Gasteiger charge is -2.40. The van der Waals surface area contributed by atoms with Crippen LogP contribution < -0.4 is 5.32 Å². The van der Waals surface area contributed by atoms with E-state index >= 15 is 0 Å². The third-order valence-corrected chi connectivity index (χ3v) is 3.31. The van der Waals surface area contributed by atoms with Gasteiger partial charge in [0.25, 0.3) is 0 Å². The van der Waals surface area contributed by atoms with E-state index in [0.717, 1.165) is 26.1 Å². The predicted molar refractivity (Wildman–Crippen MR) is 62.5 cm³/mol. The lowest BCUT2D eigenvalue weighted by atomic mass is 9.90. The Kier molecular flexibility index (Phi) is 4.12. The molecule has 1 aliphatic rings. The first-order chi connectivity index (χ1) is 6.96. The molecule has 0 amide bonds. The molecule has 3 nitrogen and oxygen atoms in total. The number of piperazine rings is 1. The van der Waals surface area contributed by atoms with Gasteiger partial charge in [0.2, 0.25) is 0 Å². The normalized spacial score (nSPS) is 28.7. The molecule has 1 aliphatic heterocycles. The van der Waals surface area contributed by atoms with Crippen LogP contribution in [-0.2, 0) is 0 Å². The van der Waals surface area contributed by atoms with E-state index in [2.05, 4.69) is 30.1 Å². The van der Waals surface area contributed by atoms with Gasteiger partial charge in [-0.15, -0.1) is 0 Å². The maximum Gasteiger partial charge on any atom is 0.0684 e. The zero-order valence-corrected chi connectivity index (χ0v) is 10.4. The van der Waals surface area contributed by atoms with Gasteiger partial charge in [0.1, 0.15) is 0 Å². The second-order valence-corrected chi connectivity index (χ2v) is 5.34. The van der Waals surface area contributed by atoms with E-state index in [-0.39, 0.29) is 5.41 Å². The zero-order chi connectivity index (χ0) is 11.5. The molecule has 0 spiro atoms. The van der Waals surface area contributed by atoms with Gasteiger partial charge in [0, 0.05) is 31.7 Å². The summed E-state index contributed by atoms with van der Waals surface area (Å²) in [5.74, 6) is 0. The molecular formula is C12H23N3. The Bertz CT molecular complexity index is 232. The van der Waals surface area contributed by atoms with Gasteiger partial charge in [-0.1, -0.05) is 0 Å². The SMILES string of the molecule is CC1CNCC(C)N1CCC(C)(C)C#N. The average molecular weight is 209 g/mol. The van der Waals surface area contributed by atoms with Crippen molar-refractivity contribution in [3.8, 4) is 6.07 Å². The number of hydrogen-bond donors (Lipinski definition) is 1. The van der Waals surface area contributed by atoms with E-state index in [4.69, 9.17) is 5.26 Å². The highest BCUT2D eigenvalue weighted by Gasteiger charge is 2.26. The number of nitrogens with one attached hydrogen (secondary N) is 1. The minimum absolute atomic E-state index is 0.190. The van der Waals surface area contributed by atoms with Gasteiger partial charge in [0.15, 0.2) is 0 Å². The summed E-state index contributed by atoms with van der Waals surface area (Å²) < 4.78 is 0. The fraction of sp³-hybridized carbons (Fsp3) is 0.917. The summed E-state index contributed by atoms with van der Waals surface area (Å²) in [5, 5.41) is 12.4. The Morgan fingerprint density at radius 3 is 2.33 bits per heavy atom. The van der Waals surface area contributed by atoms with Crippen LogP contribution in [-0.4, -0.2) is 36.6 Å². The van der Waals surface area contributed by atoms with Crippen LogP contribution in [0.1, 0.15) is 34.1 Å². The maximum atomic E-state index is 8.97. The van der Waals surface area contributed by atoms with Crippen LogP contribution in [0, 0.1) is 16.7 Å². The number of rotatable bonds is 3. The summed E-state index contributed by atoms with van der Waals surface area (Å²) >= 11 is 0. The smallest absolute Gasteiger partial charge is 0.0684 e. The highest BCUT2D eigenvalue weighted by molar-refractivity contribution is 4.93. The second kappa shape index (κ2) is 4.96. The molecule has 2 unspecified atom stereocenters. The minimum atomic E-state index is -0.190. The highest BCUT2D eigenvalue weighted by atomic mass is 15.2. The van der Waals surface area contributed by atoms with E-state index in [1.165, 1.54) is 0 Å². The van der Waals surface area contributed by atoms with E-state index < -0.39 is 0 Å². The first-order valence-corrected chi connectivity index (χ1v) is 5.84. The molecule has 1 saturated heterocycles. The molecule has 0 aromatic carbocycles. The van der Waals surface area contributed by atoms with Gasteiger partial charge in [0.05, 0.1) is 11.5 Å². The van der Waals surface area contributed by atoms with E-state index in [9.17, 15) is 0 Å². The topological polar surface area (TPSA) is 39.1 Å². The Hall–Kier alpha value is -0.590. The van der Waals surface area contributed by atoms with Crippen molar-refractivity contribution in [2.75, 3.05) is 19.6 Å². The predicted octanol–water partition coefficient (Wildman–Crippen LogP) is 1.61. The Balaban J connectivity index is 2.46. The number of nitriles is 1. The lowest BCUT2D eigenvalue weighted by Crippen LogP contribution is -2.55. The quantitative estimate of drug-likeness (QED) is 0.767. The molecule has 15 heavy (non-hydrogen) atoms. The van der Waals surface area contributed by atoms with Crippen molar-refractivity contribution in [2.24, 2.45) is 5.41 Å². The fourth-order valence-corrected chi connectivity index (χ4v) is 2.08. The van der Waals surface area contributed by atoms with Gasteiger partial charge in [-0.2, -0.15) is 5.26 Å². The molecule has 1 heterocycles. The maximum absolute atomic E-state index is 8.97. The monoisotopic (exact) mass is 209 g/mol. The van der Waals surface area contributed by atoms with E-state index in [1.54, 1.807) is 0 Å². The van der Waals surface area contributed by atoms with Gasteiger partial charge < -0.3 is 5.32 Å². The van der Waals surface area contributed by atoms with Crippen molar-refractivity contribution >= 4 is 0 Å². The summed E-state index contributed by atoms with van der Waals surface area (Å²) in [6.07, 6.45) is 0.957. The van der Waals surface area contributed by atoms with E-state index in [1.807, 2.05) is 13.8 Å². The molecule has 0 saturated carbocycles. The van der Waals surface area contributed by atoms with Crippen LogP contribution in [0.15, 0.2) is 0 Å². The summed E-state index contributed by atoms with van der Waals surface area (Å²) in [5.41, 5.74) is -0.190. The lowest BCUT2D eigenvalue weighted by molar-refractivity contribution is 0.106. The average Bonchev–Trinajstić information content (AvgIpc) is 2.17. The molecule has 1 rings (SSSR count). The first kappa shape index (κ1) is 12.5. The largest absolute Gasteiger partial charge is 0.314 e. The second-order valence-electron chi connectivity index (χ2n) is 5.34. The van der Waals surface area contributed by atoms with Crippen LogP contribution in [0.5, 0.6) is 0 Å². The molecule has 3 heteroatoms. The summed E-state index contributed by atoms with van der Waals surface area (Å²) in [4.78, 5) is 2.51. The van der Waals surface area contributed by atoms with Crippen LogP contribution in [0.25, 0.3) is 0 Å². The first-order valence-electron chi connectivity index (χ1n) is 5.84. The third kappa shape index (κ3) is 3.48. The third-order valence-electron chi connectivity index (χ3n) is 3.31. The summed E-state index contributed by atoms with van der Waals surface area (Å²) in [7, 11) is 0. The van der Waals surface area contributed by atoms with Crippen LogP contribution in [0.2, 0.25) is 0 Å². The van der Waals surface area contributed by atoms with Gasteiger partial charge in [-0.3, -0.25) is 4.90 Å². The zero-order valence-electron chi connectivity index (χ0n) is 10.4. The van der Waals surface area contributed by atoms with Crippen molar-refractivity contribution < 1.29 is 0 Å². The summed E-state index contributed by atoms with van der Waals surface area (Å²) in [6.45, 7) is 11.7. The van der Waals surface area contributed by atoms with Gasteiger partial charge in [-0.05, 0) is 34.1 Å². The van der Waals surface area contributed by atoms with Crippen LogP contribution in [0.4, 0.5) is 0 Å².